The summed E-state index contributed by atoms with van der Waals surface area (Å²) in [6, 6.07) is 7.82. The summed E-state index contributed by atoms with van der Waals surface area (Å²) in [5, 5.41) is 4.03. The first-order valence-corrected chi connectivity index (χ1v) is 12.2. The lowest BCUT2D eigenvalue weighted by Crippen LogP contribution is -2.34. The standard InChI is InChI=1S/C23H33N3O4S/c1-3-29-22(28)12-13-30-20-11-7-10-18(14-20)24-21(27)15-19-16-31-23(26(19)2)25-17-8-5-4-6-9-17/h7,10-11,14,17,19H,3-6,8-9,12-13,15-16H2,1-2H3,(H,24,27). The minimum Gasteiger partial charge on any atom is -0.493 e. The van der Waals surface area contributed by atoms with Crippen LogP contribution in [0.3, 0.4) is 0 Å². The van der Waals surface area contributed by atoms with Crippen LogP contribution in [0.5, 0.6) is 5.75 Å². The molecule has 0 aromatic heterocycles. The number of thioether (sulfide) groups is 1. The van der Waals surface area contributed by atoms with Crippen molar-refractivity contribution >= 4 is 34.5 Å². The summed E-state index contributed by atoms with van der Waals surface area (Å²) in [6.07, 6.45) is 6.84. The molecule has 1 heterocycles. The summed E-state index contributed by atoms with van der Waals surface area (Å²) in [5.41, 5.74) is 0.683. The smallest absolute Gasteiger partial charge is 0.309 e. The molecule has 1 aliphatic heterocycles. The number of anilines is 1. The van der Waals surface area contributed by atoms with Crippen LogP contribution in [0.25, 0.3) is 0 Å². The van der Waals surface area contributed by atoms with Gasteiger partial charge in [0.25, 0.3) is 0 Å². The lowest BCUT2D eigenvalue weighted by atomic mass is 9.96. The van der Waals surface area contributed by atoms with Gasteiger partial charge >= 0.3 is 5.97 Å². The highest BCUT2D eigenvalue weighted by Gasteiger charge is 2.30. The van der Waals surface area contributed by atoms with E-state index in [-0.39, 0.29) is 30.9 Å². The van der Waals surface area contributed by atoms with Crippen LogP contribution in [-0.4, -0.2) is 60.0 Å². The Balaban J connectivity index is 1.46. The van der Waals surface area contributed by atoms with Gasteiger partial charge in [0.05, 0.1) is 25.7 Å². The van der Waals surface area contributed by atoms with Gasteiger partial charge in [-0.3, -0.25) is 14.6 Å². The highest BCUT2D eigenvalue weighted by Crippen LogP contribution is 2.28. The van der Waals surface area contributed by atoms with E-state index in [1.54, 1.807) is 30.8 Å². The summed E-state index contributed by atoms with van der Waals surface area (Å²) in [4.78, 5) is 31.1. The fourth-order valence-electron chi connectivity index (χ4n) is 3.81. The molecule has 1 aliphatic carbocycles. The van der Waals surface area contributed by atoms with Gasteiger partial charge in [-0.25, -0.2) is 0 Å². The summed E-state index contributed by atoms with van der Waals surface area (Å²) in [7, 11) is 2.04. The Morgan fingerprint density at radius 2 is 2.06 bits per heavy atom. The van der Waals surface area contributed by atoms with Crippen molar-refractivity contribution in [3.63, 3.8) is 0 Å². The van der Waals surface area contributed by atoms with Crippen LogP contribution >= 0.6 is 11.8 Å². The minimum atomic E-state index is -0.281. The van der Waals surface area contributed by atoms with Crippen LogP contribution in [0, 0.1) is 0 Å². The largest absolute Gasteiger partial charge is 0.493 e. The molecular formula is C23H33N3O4S. The van der Waals surface area contributed by atoms with Gasteiger partial charge in [0.1, 0.15) is 5.75 Å². The fraction of sp³-hybridized carbons (Fsp3) is 0.609. The topological polar surface area (TPSA) is 80.2 Å². The molecular weight excluding hydrogens is 414 g/mol. The second-order valence-corrected chi connectivity index (χ2v) is 8.95. The fourth-order valence-corrected chi connectivity index (χ4v) is 5.07. The molecule has 0 radical (unpaired) electrons. The van der Waals surface area contributed by atoms with Crippen molar-refractivity contribution in [3.8, 4) is 5.75 Å². The third kappa shape index (κ3) is 7.45. The van der Waals surface area contributed by atoms with Gasteiger partial charge in [0.15, 0.2) is 5.17 Å². The number of rotatable bonds is 9. The number of carbonyl (C=O) groups excluding carboxylic acids is 2. The second-order valence-electron chi connectivity index (χ2n) is 7.96. The average molecular weight is 448 g/mol. The molecule has 7 nitrogen and oxygen atoms in total. The molecule has 31 heavy (non-hydrogen) atoms. The zero-order valence-corrected chi connectivity index (χ0v) is 19.3. The number of nitrogens with zero attached hydrogens (tertiary/aromatic N) is 2. The number of amidine groups is 1. The number of carbonyl (C=O) groups is 2. The number of ether oxygens (including phenoxy) is 2. The first kappa shape index (κ1) is 23.4. The summed E-state index contributed by atoms with van der Waals surface area (Å²) >= 11 is 1.76. The van der Waals surface area contributed by atoms with E-state index in [0.717, 1.165) is 10.9 Å². The van der Waals surface area contributed by atoms with Crippen molar-refractivity contribution in [1.82, 2.24) is 4.90 Å². The van der Waals surface area contributed by atoms with Gasteiger partial charge in [-0.1, -0.05) is 37.1 Å². The third-order valence-electron chi connectivity index (χ3n) is 5.54. The molecule has 0 spiro atoms. The van der Waals surface area contributed by atoms with Crippen molar-refractivity contribution in [3.05, 3.63) is 24.3 Å². The van der Waals surface area contributed by atoms with E-state index in [9.17, 15) is 9.59 Å². The first-order chi connectivity index (χ1) is 15.0. The van der Waals surface area contributed by atoms with Crippen molar-refractivity contribution in [2.24, 2.45) is 4.99 Å². The maximum Gasteiger partial charge on any atom is 0.309 e. The van der Waals surface area contributed by atoms with Gasteiger partial charge in [-0.05, 0) is 31.9 Å². The SMILES string of the molecule is CCOC(=O)CCOc1cccc(NC(=O)CC2CSC(=NC3CCCCC3)N2C)c1. The van der Waals surface area contributed by atoms with Gasteiger partial charge in [0, 0.05) is 37.0 Å². The van der Waals surface area contributed by atoms with Crippen LogP contribution in [0.15, 0.2) is 29.3 Å². The van der Waals surface area contributed by atoms with E-state index in [1.807, 2.05) is 19.2 Å². The van der Waals surface area contributed by atoms with Crippen molar-refractivity contribution in [2.45, 2.75) is 64.0 Å². The molecule has 1 aromatic rings. The van der Waals surface area contributed by atoms with Crippen LogP contribution in [-0.2, 0) is 14.3 Å². The van der Waals surface area contributed by atoms with Gasteiger partial charge < -0.3 is 19.7 Å². The molecule has 1 saturated carbocycles. The molecule has 2 aliphatic rings. The van der Waals surface area contributed by atoms with Crippen LogP contribution in [0.4, 0.5) is 5.69 Å². The Morgan fingerprint density at radius 3 is 2.84 bits per heavy atom. The van der Waals surface area contributed by atoms with Crippen LogP contribution in [0.2, 0.25) is 0 Å². The molecule has 8 heteroatoms. The van der Waals surface area contributed by atoms with Gasteiger partial charge in [-0.15, -0.1) is 0 Å². The molecule has 170 valence electrons. The number of benzene rings is 1. The lowest BCUT2D eigenvalue weighted by molar-refractivity contribution is -0.143. The normalized spacial score (nSPS) is 20.6. The quantitative estimate of drug-likeness (QED) is 0.575. The van der Waals surface area contributed by atoms with E-state index in [2.05, 4.69) is 10.2 Å². The number of hydrogen-bond acceptors (Lipinski definition) is 6. The number of hydrogen-bond donors (Lipinski definition) is 1. The molecule has 1 N–H and O–H groups in total. The molecule has 2 fully saturated rings. The first-order valence-electron chi connectivity index (χ1n) is 11.2. The Hall–Kier alpha value is -2.22. The number of amides is 1. The highest BCUT2D eigenvalue weighted by molar-refractivity contribution is 8.14. The Morgan fingerprint density at radius 1 is 1.26 bits per heavy atom. The zero-order valence-electron chi connectivity index (χ0n) is 18.5. The average Bonchev–Trinajstić information content (AvgIpc) is 3.08. The highest BCUT2D eigenvalue weighted by atomic mass is 32.2. The molecule has 3 rings (SSSR count). The van der Waals surface area contributed by atoms with E-state index in [0.29, 0.717) is 30.5 Å². The zero-order chi connectivity index (χ0) is 22.1. The Bertz CT molecular complexity index is 780. The molecule has 1 aromatic carbocycles. The van der Waals surface area contributed by atoms with Crippen LogP contribution < -0.4 is 10.1 Å². The maximum atomic E-state index is 12.6. The van der Waals surface area contributed by atoms with Crippen molar-refractivity contribution in [1.29, 1.82) is 0 Å². The monoisotopic (exact) mass is 447 g/mol. The van der Waals surface area contributed by atoms with E-state index in [4.69, 9.17) is 14.5 Å². The summed E-state index contributed by atoms with van der Waals surface area (Å²) in [5.74, 6) is 1.18. The second kappa shape index (κ2) is 12.0. The Labute approximate surface area is 189 Å². The van der Waals surface area contributed by atoms with E-state index >= 15 is 0 Å². The molecule has 1 atom stereocenters. The molecule has 1 unspecified atom stereocenters. The third-order valence-corrected chi connectivity index (χ3v) is 6.74. The van der Waals surface area contributed by atoms with Gasteiger partial charge in [0.2, 0.25) is 5.91 Å². The number of esters is 1. The predicted molar refractivity (Wildman–Crippen MR) is 125 cm³/mol. The van der Waals surface area contributed by atoms with E-state index < -0.39 is 0 Å². The Kier molecular flexibility index (Phi) is 9.06. The number of aliphatic imine (C=N–C) groups is 1. The molecule has 0 bridgehead atoms. The summed E-state index contributed by atoms with van der Waals surface area (Å²) < 4.78 is 10.5. The lowest BCUT2D eigenvalue weighted by Gasteiger charge is -2.23. The number of nitrogens with one attached hydrogen (secondary N) is 1. The predicted octanol–water partition coefficient (Wildman–Crippen LogP) is 4.08. The van der Waals surface area contributed by atoms with Crippen LogP contribution in [0.1, 0.15) is 51.9 Å². The van der Waals surface area contributed by atoms with E-state index in [1.165, 1.54) is 32.1 Å². The van der Waals surface area contributed by atoms with Crippen molar-refractivity contribution in [2.75, 3.05) is 31.3 Å². The maximum absolute atomic E-state index is 12.6. The minimum absolute atomic E-state index is 0.0277. The molecule has 1 amide bonds. The molecule has 1 saturated heterocycles. The van der Waals surface area contributed by atoms with Gasteiger partial charge in [-0.2, -0.15) is 0 Å². The van der Waals surface area contributed by atoms with Crippen molar-refractivity contribution < 1.29 is 19.1 Å². The summed E-state index contributed by atoms with van der Waals surface area (Å²) in [6.45, 7) is 2.38.